The summed E-state index contributed by atoms with van der Waals surface area (Å²) in [6, 6.07) is 10.2. The lowest BCUT2D eigenvalue weighted by atomic mass is 10.1. The van der Waals surface area contributed by atoms with Crippen LogP contribution < -0.4 is 0 Å². The monoisotopic (exact) mass is 264 g/mol. The van der Waals surface area contributed by atoms with E-state index in [0.29, 0.717) is 15.4 Å². The quantitative estimate of drug-likeness (QED) is 0.768. The predicted molar refractivity (Wildman–Crippen MR) is 66.9 cm³/mol. The van der Waals surface area contributed by atoms with Gasteiger partial charge in [-0.05, 0) is 37.3 Å². The molecule has 0 spiro atoms. The zero-order chi connectivity index (χ0) is 13.1. The highest BCUT2D eigenvalue weighted by atomic mass is 32.2. The van der Waals surface area contributed by atoms with Gasteiger partial charge in [-0.3, -0.25) is 4.79 Å². The van der Waals surface area contributed by atoms with Gasteiger partial charge in [-0.1, -0.05) is 23.9 Å². The summed E-state index contributed by atoms with van der Waals surface area (Å²) in [6.07, 6.45) is 0. The second-order valence-corrected chi connectivity index (χ2v) is 4.88. The summed E-state index contributed by atoms with van der Waals surface area (Å²) in [6.45, 7) is 1.38. The molecule has 2 aromatic carbocycles. The molecule has 0 radical (unpaired) electrons. The molecule has 0 fully saturated rings. The summed E-state index contributed by atoms with van der Waals surface area (Å²) < 4.78 is 26.7. The van der Waals surface area contributed by atoms with Gasteiger partial charge in [0.2, 0.25) is 0 Å². The lowest BCUT2D eigenvalue weighted by Crippen LogP contribution is -1.93. The van der Waals surface area contributed by atoms with E-state index in [1.807, 2.05) is 0 Å². The number of Topliss-reactive ketones (excluding diaryl/α,β-unsaturated/α-hetero) is 1. The summed E-state index contributed by atoms with van der Waals surface area (Å²) >= 11 is 1.12. The molecule has 0 aliphatic rings. The van der Waals surface area contributed by atoms with Crippen molar-refractivity contribution in [3.05, 3.63) is 59.7 Å². The molecule has 0 saturated carbocycles. The largest absolute Gasteiger partial charge is 0.295 e. The SMILES string of the molecule is CC(=O)c1ccc(Sc2cccc(F)c2)c(F)c1. The van der Waals surface area contributed by atoms with E-state index in [-0.39, 0.29) is 11.6 Å². The highest BCUT2D eigenvalue weighted by molar-refractivity contribution is 7.99. The molecule has 0 aliphatic heterocycles. The molecule has 2 rings (SSSR count). The number of carbonyl (C=O) groups excluding carboxylic acids is 1. The fraction of sp³-hybridized carbons (Fsp3) is 0.0714. The maximum Gasteiger partial charge on any atom is 0.159 e. The minimum Gasteiger partial charge on any atom is -0.295 e. The molecule has 92 valence electrons. The smallest absolute Gasteiger partial charge is 0.159 e. The average molecular weight is 264 g/mol. The van der Waals surface area contributed by atoms with E-state index in [4.69, 9.17) is 0 Å². The van der Waals surface area contributed by atoms with E-state index in [0.717, 1.165) is 11.8 Å². The van der Waals surface area contributed by atoms with Crippen molar-refractivity contribution in [1.29, 1.82) is 0 Å². The molecule has 1 nitrogen and oxygen atoms in total. The van der Waals surface area contributed by atoms with Crippen molar-refractivity contribution >= 4 is 17.5 Å². The average Bonchev–Trinajstić information content (AvgIpc) is 2.31. The van der Waals surface area contributed by atoms with Gasteiger partial charge in [0.1, 0.15) is 11.6 Å². The molecular weight excluding hydrogens is 254 g/mol. The third-order valence-electron chi connectivity index (χ3n) is 2.36. The van der Waals surface area contributed by atoms with Crippen LogP contribution in [-0.4, -0.2) is 5.78 Å². The van der Waals surface area contributed by atoms with Crippen LogP contribution in [0.15, 0.2) is 52.3 Å². The molecule has 4 heteroatoms. The zero-order valence-corrected chi connectivity index (χ0v) is 10.4. The number of hydrogen-bond donors (Lipinski definition) is 0. The van der Waals surface area contributed by atoms with Crippen molar-refractivity contribution in [2.75, 3.05) is 0 Å². The molecule has 0 unspecified atom stereocenters. The lowest BCUT2D eigenvalue weighted by molar-refractivity contribution is 0.101. The van der Waals surface area contributed by atoms with Crippen LogP contribution in [0.1, 0.15) is 17.3 Å². The summed E-state index contributed by atoms with van der Waals surface area (Å²) in [4.78, 5) is 12.1. The Kier molecular flexibility index (Phi) is 3.77. The molecule has 0 atom stereocenters. The highest BCUT2D eigenvalue weighted by Crippen LogP contribution is 2.30. The van der Waals surface area contributed by atoms with Crippen LogP contribution in [0, 0.1) is 11.6 Å². The van der Waals surface area contributed by atoms with Crippen molar-refractivity contribution in [2.45, 2.75) is 16.7 Å². The predicted octanol–water partition coefficient (Wildman–Crippen LogP) is 4.32. The standard InChI is InChI=1S/C14H10F2OS/c1-9(17)10-5-6-14(13(16)7-10)18-12-4-2-3-11(15)8-12/h2-8H,1H3. The Morgan fingerprint density at radius 3 is 2.50 bits per heavy atom. The summed E-state index contributed by atoms with van der Waals surface area (Å²) in [5, 5.41) is 0. The minimum atomic E-state index is -0.475. The second kappa shape index (κ2) is 5.31. The number of halogens is 2. The third kappa shape index (κ3) is 2.96. The highest BCUT2D eigenvalue weighted by Gasteiger charge is 2.08. The van der Waals surface area contributed by atoms with E-state index in [2.05, 4.69) is 0 Å². The van der Waals surface area contributed by atoms with Gasteiger partial charge in [0.05, 0.1) is 0 Å². The molecule has 0 amide bonds. The fourth-order valence-corrected chi connectivity index (χ4v) is 2.32. The zero-order valence-electron chi connectivity index (χ0n) is 9.61. The first-order chi connectivity index (χ1) is 8.56. The van der Waals surface area contributed by atoms with Crippen LogP contribution in [-0.2, 0) is 0 Å². The molecule has 18 heavy (non-hydrogen) atoms. The number of ketones is 1. The normalized spacial score (nSPS) is 10.4. The van der Waals surface area contributed by atoms with Crippen LogP contribution in [0.5, 0.6) is 0 Å². The van der Waals surface area contributed by atoms with Gasteiger partial charge in [0, 0.05) is 15.4 Å². The minimum absolute atomic E-state index is 0.184. The molecule has 0 bridgehead atoms. The van der Waals surface area contributed by atoms with Gasteiger partial charge in [-0.25, -0.2) is 8.78 Å². The van der Waals surface area contributed by atoms with E-state index in [1.165, 1.54) is 31.2 Å². The third-order valence-corrected chi connectivity index (χ3v) is 3.40. The number of benzene rings is 2. The lowest BCUT2D eigenvalue weighted by Gasteiger charge is -2.04. The van der Waals surface area contributed by atoms with Crippen LogP contribution in [0.3, 0.4) is 0 Å². The van der Waals surface area contributed by atoms with Gasteiger partial charge >= 0.3 is 0 Å². The van der Waals surface area contributed by atoms with Crippen LogP contribution in [0.2, 0.25) is 0 Å². The van der Waals surface area contributed by atoms with E-state index in [9.17, 15) is 13.6 Å². The molecule has 0 heterocycles. The molecular formula is C14H10F2OS. The number of rotatable bonds is 3. The Morgan fingerprint density at radius 2 is 1.89 bits per heavy atom. The fourth-order valence-electron chi connectivity index (χ4n) is 1.46. The molecule has 2 aromatic rings. The first kappa shape index (κ1) is 12.8. The van der Waals surface area contributed by atoms with Crippen LogP contribution >= 0.6 is 11.8 Å². The van der Waals surface area contributed by atoms with Crippen molar-refractivity contribution in [3.63, 3.8) is 0 Å². The van der Waals surface area contributed by atoms with E-state index in [1.54, 1.807) is 18.2 Å². The van der Waals surface area contributed by atoms with Crippen LogP contribution in [0.25, 0.3) is 0 Å². The van der Waals surface area contributed by atoms with Crippen molar-refractivity contribution < 1.29 is 13.6 Å². The maximum atomic E-state index is 13.7. The molecule has 0 saturated heterocycles. The molecule has 0 aromatic heterocycles. The van der Waals surface area contributed by atoms with Crippen molar-refractivity contribution in [1.82, 2.24) is 0 Å². The van der Waals surface area contributed by atoms with Gasteiger partial charge < -0.3 is 0 Å². The Balaban J connectivity index is 2.27. The number of carbonyl (C=O) groups is 1. The number of hydrogen-bond acceptors (Lipinski definition) is 2. The van der Waals surface area contributed by atoms with Crippen molar-refractivity contribution in [3.8, 4) is 0 Å². The molecule has 0 N–H and O–H groups in total. The Labute approximate surface area is 108 Å². The topological polar surface area (TPSA) is 17.1 Å². The Bertz CT molecular complexity index is 596. The summed E-state index contributed by atoms with van der Waals surface area (Å²) in [5.74, 6) is -1.02. The summed E-state index contributed by atoms with van der Waals surface area (Å²) in [7, 11) is 0. The van der Waals surface area contributed by atoms with E-state index < -0.39 is 5.82 Å². The second-order valence-electron chi connectivity index (χ2n) is 3.76. The summed E-state index contributed by atoms with van der Waals surface area (Å²) in [5.41, 5.74) is 0.330. The van der Waals surface area contributed by atoms with Gasteiger partial charge in [-0.15, -0.1) is 0 Å². The Morgan fingerprint density at radius 1 is 1.11 bits per heavy atom. The van der Waals surface area contributed by atoms with Crippen molar-refractivity contribution in [2.24, 2.45) is 0 Å². The first-order valence-corrected chi connectivity index (χ1v) is 6.12. The van der Waals surface area contributed by atoms with Gasteiger partial charge in [0.15, 0.2) is 5.78 Å². The van der Waals surface area contributed by atoms with E-state index >= 15 is 0 Å². The van der Waals surface area contributed by atoms with Crippen LogP contribution in [0.4, 0.5) is 8.78 Å². The first-order valence-electron chi connectivity index (χ1n) is 5.30. The van der Waals surface area contributed by atoms with Gasteiger partial charge in [-0.2, -0.15) is 0 Å². The van der Waals surface area contributed by atoms with Gasteiger partial charge in [0.25, 0.3) is 0 Å². The molecule has 0 aliphatic carbocycles. The maximum absolute atomic E-state index is 13.7. The Hall–Kier alpha value is -1.68.